The number of nitriles is 1. The van der Waals surface area contributed by atoms with Crippen LogP contribution >= 0.6 is 27.3 Å². The lowest BCUT2D eigenvalue weighted by Crippen LogP contribution is -1.98. The Morgan fingerprint density at radius 2 is 2.19 bits per heavy atom. The van der Waals surface area contributed by atoms with Crippen LogP contribution in [0.15, 0.2) is 39.5 Å². The van der Waals surface area contributed by atoms with E-state index >= 15 is 0 Å². The van der Waals surface area contributed by atoms with Crippen LogP contribution in [-0.4, -0.2) is 5.11 Å². The van der Waals surface area contributed by atoms with Gasteiger partial charge in [0, 0.05) is 15.4 Å². The molecule has 80 valence electrons. The maximum atomic E-state index is 10.1. The normalized spacial score (nSPS) is 12.1. The first kappa shape index (κ1) is 11.3. The molecule has 0 radical (unpaired) electrons. The molecule has 0 aliphatic rings. The highest BCUT2D eigenvalue weighted by atomic mass is 79.9. The molecule has 0 fully saturated rings. The number of rotatable bonds is 2. The summed E-state index contributed by atoms with van der Waals surface area (Å²) in [7, 11) is 0. The molecule has 1 atom stereocenters. The van der Waals surface area contributed by atoms with Crippen LogP contribution in [-0.2, 0) is 0 Å². The molecule has 2 rings (SSSR count). The summed E-state index contributed by atoms with van der Waals surface area (Å²) in [4.78, 5) is 0. The third-order valence-electron chi connectivity index (χ3n) is 2.27. The largest absolute Gasteiger partial charge is 0.384 e. The highest BCUT2D eigenvalue weighted by Crippen LogP contribution is 2.31. The van der Waals surface area contributed by atoms with Gasteiger partial charge in [-0.25, -0.2) is 0 Å². The Labute approximate surface area is 106 Å². The molecule has 0 spiro atoms. The Bertz CT molecular complexity index is 544. The lowest BCUT2D eigenvalue weighted by Gasteiger charge is -2.10. The Morgan fingerprint density at radius 1 is 1.38 bits per heavy atom. The highest BCUT2D eigenvalue weighted by molar-refractivity contribution is 9.10. The highest BCUT2D eigenvalue weighted by Gasteiger charge is 2.14. The van der Waals surface area contributed by atoms with E-state index in [0.717, 1.165) is 15.6 Å². The van der Waals surface area contributed by atoms with Crippen molar-refractivity contribution in [1.82, 2.24) is 0 Å². The fourth-order valence-corrected chi connectivity index (χ4v) is 2.98. The van der Waals surface area contributed by atoms with Gasteiger partial charge in [-0.05, 0) is 39.0 Å². The van der Waals surface area contributed by atoms with Crippen molar-refractivity contribution in [3.05, 3.63) is 56.2 Å². The van der Waals surface area contributed by atoms with Crippen LogP contribution < -0.4 is 0 Å². The van der Waals surface area contributed by atoms with Gasteiger partial charge < -0.3 is 5.11 Å². The van der Waals surface area contributed by atoms with Crippen LogP contribution in [0, 0.1) is 11.3 Å². The Kier molecular flexibility index (Phi) is 3.39. The van der Waals surface area contributed by atoms with Crippen molar-refractivity contribution in [2.24, 2.45) is 0 Å². The summed E-state index contributed by atoms with van der Waals surface area (Å²) < 4.78 is 0.896. The standard InChI is InChI=1S/C12H8BrNOS/c13-11-7-16-6-10(11)12(15)9-3-1-2-8(4-9)5-14/h1-4,6-7,12,15H. The SMILES string of the molecule is N#Cc1cccc(C(O)c2cscc2Br)c1. The van der Waals surface area contributed by atoms with Crippen molar-refractivity contribution in [3.63, 3.8) is 0 Å². The summed E-state index contributed by atoms with van der Waals surface area (Å²) in [6.45, 7) is 0. The van der Waals surface area contributed by atoms with Crippen molar-refractivity contribution in [1.29, 1.82) is 5.26 Å². The van der Waals surface area contributed by atoms with E-state index in [2.05, 4.69) is 22.0 Å². The fraction of sp³-hybridized carbons (Fsp3) is 0.0833. The predicted octanol–water partition coefficient (Wildman–Crippen LogP) is 3.46. The Balaban J connectivity index is 2.38. The van der Waals surface area contributed by atoms with Crippen molar-refractivity contribution < 1.29 is 5.11 Å². The molecule has 1 unspecified atom stereocenters. The molecule has 0 bridgehead atoms. The van der Waals surface area contributed by atoms with E-state index in [0.29, 0.717) is 5.56 Å². The number of halogens is 1. The number of thiophene rings is 1. The number of nitrogens with zero attached hydrogens (tertiary/aromatic N) is 1. The molecule has 2 nitrogen and oxygen atoms in total. The Hall–Kier alpha value is -1.15. The molecule has 0 aliphatic carbocycles. The fourth-order valence-electron chi connectivity index (χ4n) is 1.44. The first-order valence-electron chi connectivity index (χ1n) is 4.62. The summed E-state index contributed by atoms with van der Waals surface area (Å²) in [6.07, 6.45) is -0.686. The van der Waals surface area contributed by atoms with E-state index in [-0.39, 0.29) is 0 Å². The molecule has 1 N–H and O–H groups in total. The zero-order valence-corrected chi connectivity index (χ0v) is 10.6. The second kappa shape index (κ2) is 4.79. The van der Waals surface area contributed by atoms with E-state index in [1.54, 1.807) is 18.2 Å². The molecule has 1 aromatic carbocycles. The molecule has 16 heavy (non-hydrogen) atoms. The van der Waals surface area contributed by atoms with Crippen LogP contribution in [0.4, 0.5) is 0 Å². The third-order valence-corrected chi connectivity index (χ3v) is 4.02. The molecule has 4 heteroatoms. The van der Waals surface area contributed by atoms with Gasteiger partial charge in [-0.3, -0.25) is 0 Å². The molecule has 0 amide bonds. The number of aliphatic hydroxyl groups excluding tert-OH is 1. The number of benzene rings is 1. The topological polar surface area (TPSA) is 44.0 Å². The van der Waals surface area contributed by atoms with Gasteiger partial charge in [-0.15, -0.1) is 0 Å². The zero-order chi connectivity index (χ0) is 11.5. The first-order chi connectivity index (χ1) is 7.72. The first-order valence-corrected chi connectivity index (χ1v) is 6.35. The number of aliphatic hydroxyl groups is 1. The summed E-state index contributed by atoms with van der Waals surface area (Å²) in [5.74, 6) is 0. The molecule has 2 aromatic rings. The predicted molar refractivity (Wildman–Crippen MR) is 67.2 cm³/mol. The minimum Gasteiger partial charge on any atom is -0.384 e. The monoisotopic (exact) mass is 293 g/mol. The second-order valence-electron chi connectivity index (χ2n) is 3.31. The molecule has 0 saturated heterocycles. The van der Waals surface area contributed by atoms with Gasteiger partial charge >= 0.3 is 0 Å². The lowest BCUT2D eigenvalue weighted by molar-refractivity contribution is 0.220. The van der Waals surface area contributed by atoms with E-state index in [9.17, 15) is 5.11 Å². The molecule has 0 saturated carbocycles. The molecular weight excluding hydrogens is 286 g/mol. The van der Waals surface area contributed by atoms with Crippen LogP contribution in [0.2, 0.25) is 0 Å². The minimum absolute atomic E-state index is 0.558. The molecular formula is C12H8BrNOS. The second-order valence-corrected chi connectivity index (χ2v) is 4.91. The number of hydrogen-bond donors (Lipinski definition) is 1. The quantitative estimate of drug-likeness (QED) is 0.921. The maximum Gasteiger partial charge on any atom is 0.106 e. The number of hydrogen-bond acceptors (Lipinski definition) is 3. The van der Waals surface area contributed by atoms with Crippen LogP contribution in [0.25, 0.3) is 0 Å². The average molecular weight is 294 g/mol. The molecule has 1 heterocycles. The van der Waals surface area contributed by atoms with Crippen molar-refractivity contribution >= 4 is 27.3 Å². The van der Waals surface area contributed by atoms with Gasteiger partial charge in [0.1, 0.15) is 6.10 Å². The van der Waals surface area contributed by atoms with E-state index < -0.39 is 6.10 Å². The van der Waals surface area contributed by atoms with Crippen molar-refractivity contribution in [2.75, 3.05) is 0 Å². The third kappa shape index (κ3) is 2.17. The van der Waals surface area contributed by atoms with Gasteiger partial charge in [0.25, 0.3) is 0 Å². The summed E-state index contributed by atoms with van der Waals surface area (Å²) in [6, 6.07) is 9.08. The zero-order valence-electron chi connectivity index (χ0n) is 8.22. The van der Waals surface area contributed by atoms with Gasteiger partial charge in [0.05, 0.1) is 11.6 Å². The van der Waals surface area contributed by atoms with Gasteiger partial charge in [0.15, 0.2) is 0 Å². The van der Waals surface area contributed by atoms with Crippen LogP contribution in [0.3, 0.4) is 0 Å². The molecule has 0 aliphatic heterocycles. The van der Waals surface area contributed by atoms with E-state index in [1.807, 2.05) is 16.8 Å². The van der Waals surface area contributed by atoms with Crippen LogP contribution in [0.5, 0.6) is 0 Å². The van der Waals surface area contributed by atoms with Crippen molar-refractivity contribution in [2.45, 2.75) is 6.10 Å². The van der Waals surface area contributed by atoms with Gasteiger partial charge in [-0.2, -0.15) is 16.6 Å². The smallest absolute Gasteiger partial charge is 0.106 e. The lowest BCUT2D eigenvalue weighted by atomic mass is 10.0. The van der Waals surface area contributed by atoms with Gasteiger partial charge in [-0.1, -0.05) is 12.1 Å². The average Bonchev–Trinajstić information content (AvgIpc) is 2.74. The summed E-state index contributed by atoms with van der Waals surface area (Å²) in [5, 5.41) is 22.8. The van der Waals surface area contributed by atoms with Crippen molar-refractivity contribution in [3.8, 4) is 6.07 Å². The van der Waals surface area contributed by atoms with E-state index in [1.165, 1.54) is 11.3 Å². The maximum absolute atomic E-state index is 10.1. The Morgan fingerprint density at radius 3 is 2.81 bits per heavy atom. The molecule has 1 aromatic heterocycles. The van der Waals surface area contributed by atoms with E-state index in [4.69, 9.17) is 5.26 Å². The summed E-state index contributed by atoms with van der Waals surface area (Å²) >= 11 is 4.91. The minimum atomic E-state index is -0.686. The summed E-state index contributed by atoms with van der Waals surface area (Å²) in [5.41, 5.74) is 2.13. The van der Waals surface area contributed by atoms with Gasteiger partial charge in [0.2, 0.25) is 0 Å². The van der Waals surface area contributed by atoms with Crippen LogP contribution in [0.1, 0.15) is 22.8 Å².